The van der Waals surface area contributed by atoms with Gasteiger partial charge in [-0.1, -0.05) is 6.92 Å². The van der Waals surface area contributed by atoms with Crippen molar-refractivity contribution in [3.63, 3.8) is 0 Å². The molecule has 2 aromatic heterocycles. The van der Waals surface area contributed by atoms with Crippen LogP contribution in [-0.4, -0.2) is 105 Å². The van der Waals surface area contributed by atoms with Gasteiger partial charge in [-0.3, -0.25) is 13.7 Å². The minimum Gasteiger partial charge on any atom is -0.434 e. The first-order chi connectivity index (χ1) is 18.2. The molecule has 2 aliphatic heterocycles. The first-order valence-corrected chi connectivity index (χ1v) is 13.9. The lowest BCUT2D eigenvalue weighted by molar-refractivity contribution is -0.0624. The van der Waals surface area contributed by atoms with Crippen molar-refractivity contribution in [2.75, 3.05) is 44.9 Å². The number of aliphatic hydroxyl groups is 2. The van der Waals surface area contributed by atoms with Crippen molar-refractivity contribution in [1.82, 2.24) is 19.5 Å². The van der Waals surface area contributed by atoms with E-state index in [2.05, 4.69) is 34.3 Å². The summed E-state index contributed by atoms with van der Waals surface area (Å²) in [5, 5.41) is 24.3. The van der Waals surface area contributed by atoms with Crippen molar-refractivity contribution in [1.29, 1.82) is 0 Å². The van der Waals surface area contributed by atoms with Crippen LogP contribution in [0.5, 0.6) is 0 Å². The zero-order chi connectivity index (χ0) is 27.3. The molecule has 0 aromatic carbocycles. The number of carbonyl (C=O) groups excluding carboxylic acids is 1. The van der Waals surface area contributed by atoms with Gasteiger partial charge in [-0.05, 0) is 24.4 Å². The van der Waals surface area contributed by atoms with Gasteiger partial charge in [-0.2, -0.15) is 9.97 Å². The first-order valence-electron chi connectivity index (χ1n) is 11.8. The van der Waals surface area contributed by atoms with Gasteiger partial charge in [0.05, 0.1) is 32.2 Å². The van der Waals surface area contributed by atoms with E-state index in [1.165, 1.54) is 10.9 Å². The molecule has 2 aromatic rings. The second kappa shape index (κ2) is 12.8. The van der Waals surface area contributed by atoms with Crippen LogP contribution in [0.3, 0.4) is 0 Å². The van der Waals surface area contributed by atoms with E-state index in [4.69, 9.17) is 25.8 Å². The molecular weight excluding hydrogens is 553 g/mol. The van der Waals surface area contributed by atoms with E-state index < -0.39 is 51.4 Å². The van der Waals surface area contributed by atoms with Crippen molar-refractivity contribution >= 4 is 42.3 Å². The SMILES string of the molecule is CCCOC(=O)OCOP(=O)(O)COC[C@H]1O[C@@H](n2cnc3c(N[C@H]4CCOC4)nc(Cl)nc32)[C@H](O)[C@@H]1O. The molecule has 0 spiro atoms. The summed E-state index contributed by atoms with van der Waals surface area (Å²) in [6, 6.07) is 0.0268. The van der Waals surface area contributed by atoms with Crippen LogP contribution in [0.2, 0.25) is 5.28 Å². The summed E-state index contributed by atoms with van der Waals surface area (Å²) < 4.78 is 43.6. The molecule has 0 saturated carbocycles. The fourth-order valence-corrected chi connectivity index (χ4v) is 4.61. The molecule has 0 aliphatic carbocycles. The quantitative estimate of drug-likeness (QED) is 0.119. The maximum absolute atomic E-state index is 12.1. The molecule has 4 N–H and O–H groups in total. The van der Waals surface area contributed by atoms with Gasteiger partial charge in [-0.25, -0.2) is 9.78 Å². The molecule has 16 nitrogen and oxygen atoms in total. The molecular formula is C20H29ClN5O11P. The van der Waals surface area contributed by atoms with Gasteiger partial charge in [-0.15, -0.1) is 0 Å². The van der Waals surface area contributed by atoms with E-state index in [1.54, 1.807) is 6.92 Å². The summed E-state index contributed by atoms with van der Waals surface area (Å²) in [6.45, 7) is 1.88. The number of rotatable bonds is 12. The van der Waals surface area contributed by atoms with Crippen LogP contribution in [0, 0.1) is 0 Å². The molecule has 6 atom stereocenters. The number of aliphatic hydroxyl groups excluding tert-OH is 2. The summed E-state index contributed by atoms with van der Waals surface area (Å²) >= 11 is 6.12. The largest absolute Gasteiger partial charge is 0.510 e. The Morgan fingerprint density at radius 1 is 1.32 bits per heavy atom. The first kappa shape index (κ1) is 28.9. The lowest BCUT2D eigenvalue weighted by Gasteiger charge is -2.17. The lowest BCUT2D eigenvalue weighted by Crippen LogP contribution is -2.34. The van der Waals surface area contributed by atoms with E-state index in [1.807, 2.05) is 0 Å². The molecule has 212 valence electrons. The van der Waals surface area contributed by atoms with Crippen LogP contribution in [0.1, 0.15) is 26.0 Å². The van der Waals surface area contributed by atoms with Gasteiger partial charge in [0.1, 0.15) is 24.7 Å². The highest BCUT2D eigenvalue weighted by atomic mass is 35.5. The third kappa shape index (κ3) is 7.08. The second-order valence-electron chi connectivity index (χ2n) is 8.54. The van der Waals surface area contributed by atoms with Crippen molar-refractivity contribution in [2.24, 2.45) is 0 Å². The molecule has 4 rings (SSSR count). The molecule has 4 heterocycles. The number of imidazole rings is 1. The molecule has 2 saturated heterocycles. The minimum absolute atomic E-state index is 0.0268. The highest BCUT2D eigenvalue weighted by molar-refractivity contribution is 7.52. The minimum atomic E-state index is -4.30. The predicted molar refractivity (Wildman–Crippen MR) is 128 cm³/mol. The molecule has 1 unspecified atom stereocenters. The number of nitrogens with one attached hydrogen (secondary N) is 1. The van der Waals surface area contributed by atoms with Crippen molar-refractivity contribution in [3.8, 4) is 0 Å². The maximum atomic E-state index is 12.1. The standard InChI is InChI=1S/C20H29ClN5O11P/c1-2-4-34-20(29)35-9-36-38(30,31)10-33-7-12-14(27)15(28)18(37-12)26-8-22-13-16(23-11-3-5-32-6-11)24-19(21)25-17(13)26/h8,11-12,14-15,18,27-28H,2-7,9-10H2,1H3,(H,30,31)(H,23,24,25)/t11-,12+,14+,15+,18+/m0/s1. The van der Waals surface area contributed by atoms with Gasteiger partial charge < -0.3 is 44.1 Å². The fraction of sp³-hybridized carbons (Fsp3) is 0.700. The zero-order valence-corrected chi connectivity index (χ0v) is 22.0. The monoisotopic (exact) mass is 581 g/mol. The van der Waals surface area contributed by atoms with Crippen LogP contribution in [-0.2, 0) is 32.8 Å². The Morgan fingerprint density at radius 3 is 2.87 bits per heavy atom. The average Bonchev–Trinajstić information content (AvgIpc) is 3.59. The van der Waals surface area contributed by atoms with Crippen molar-refractivity contribution < 1.29 is 52.7 Å². The van der Waals surface area contributed by atoms with E-state index in [0.29, 0.717) is 31.0 Å². The number of ether oxygens (including phenoxy) is 5. The Hall–Kier alpha value is -2.14. The third-order valence-corrected chi connectivity index (χ3v) is 6.85. The number of nitrogens with zero attached hydrogens (tertiary/aromatic N) is 4. The number of anilines is 1. The van der Waals surface area contributed by atoms with E-state index in [9.17, 15) is 24.5 Å². The molecule has 2 fully saturated rings. The topological polar surface area (TPSA) is 206 Å². The van der Waals surface area contributed by atoms with Crippen LogP contribution >= 0.6 is 19.2 Å². The Labute approximate surface area is 221 Å². The zero-order valence-electron chi connectivity index (χ0n) is 20.3. The summed E-state index contributed by atoms with van der Waals surface area (Å²) in [4.78, 5) is 33.8. The summed E-state index contributed by atoms with van der Waals surface area (Å²) in [5.41, 5.74) is 0.639. The fourth-order valence-electron chi connectivity index (χ4n) is 3.82. The molecule has 0 bridgehead atoms. The molecule has 18 heteroatoms. The Kier molecular flexibility index (Phi) is 9.73. The maximum Gasteiger partial charge on any atom is 0.510 e. The van der Waals surface area contributed by atoms with Gasteiger partial charge in [0.25, 0.3) is 0 Å². The predicted octanol–water partition coefficient (Wildman–Crippen LogP) is 0.996. The van der Waals surface area contributed by atoms with E-state index in [-0.39, 0.29) is 30.2 Å². The van der Waals surface area contributed by atoms with Crippen LogP contribution in [0.4, 0.5) is 10.6 Å². The molecule has 2 aliphatic rings. The van der Waals surface area contributed by atoms with Crippen LogP contribution in [0.15, 0.2) is 6.33 Å². The van der Waals surface area contributed by atoms with E-state index >= 15 is 0 Å². The van der Waals surface area contributed by atoms with Gasteiger partial charge in [0.15, 0.2) is 23.2 Å². The van der Waals surface area contributed by atoms with Crippen LogP contribution < -0.4 is 5.32 Å². The van der Waals surface area contributed by atoms with Gasteiger partial charge in [0.2, 0.25) is 12.1 Å². The highest BCUT2D eigenvalue weighted by Crippen LogP contribution is 2.42. The number of fused-ring (bicyclic) bond motifs is 1. The summed E-state index contributed by atoms with van der Waals surface area (Å²) in [7, 11) is -4.30. The molecule has 0 amide bonds. The number of hydrogen-bond acceptors (Lipinski definition) is 14. The van der Waals surface area contributed by atoms with Crippen molar-refractivity contribution in [3.05, 3.63) is 11.6 Å². The lowest BCUT2D eigenvalue weighted by atomic mass is 10.1. The molecule has 38 heavy (non-hydrogen) atoms. The Morgan fingerprint density at radius 2 is 2.13 bits per heavy atom. The van der Waals surface area contributed by atoms with Gasteiger partial charge >= 0.3 is 13.8 Å². The normalized spacial score (nSPS) is 26.9. The van der Waals surface area contributed by atoms with Crippen molar-refractivity contribution in [2.45, 2.75) is 50.3 Å². The number of carbonyl (C=O) groups is 1. The number of aromatic nitrogens is 4. The van der Waals surface area contributed by atoms with Gasteiger partial charge in [0, 0.05) is 6.61 Å². The Balaban J connectivity index is 1.34. The third-order valence-electron chi connectivity index (χ3n) is 5.67. The summed E-state index contributed by atoms with van der Waals surface area (Å²) in [6.07, 6.45) is -4.08. The molecule has 0 radical (unpaired) electrons. The Bertz CT molecular complexity index is 1150. The number of halogens is 1. The second-order valence-corrected chi connectivity index (χ2v) is 10.7. The van der Waals surface area contributed by atoms with E-state index in [0.717, 1.165) is 6.42 Å². The van der Waals surface area contributed by atoms with Crippen LogP contribution in [0.25, 0.3) is 11.2 Å². The highest BCUT2D eigenvalue weighted by Gasteiger charge is 2.44. The smallest absolute Gasteiger partial charge is 0.434 e. The summed E-state index contributed by atoms with van der Waals surface area (Å²) in [5.74, 6) is 0.392. The average molecular weight is 582 g/mol. The number of hydrogen-bond donors (Lipinski definition) is 4.